The largest absolute Gasteiger partial charge is 0.449 e. The zero-order chi connectivity index (χ0) is 22.5. The molecule has 0 N–H and O–H groups in total. The van der Waals surface area contributed by atoms with E-state index in [4.69, 9.17) is 4.74 Å². The molecule has 0 unspecified atom stereocenters. The summed E-state index contributed by atoms with van der Waals surface area (Å²) in [6.45, 7) is 6.04. The highest BCUT2D eigenvalue weighted by molar-refractivity contribution is 6.15. The van der Waals surface area contributed by atoms with Gasteiger partial charge in [-0.3, -0.25) is 9.69 Å². The SMILES string of the molecule is CCOC(=O)N1C=C[C@H]2C=C[C@H]1[C@]1(C)C(=O)C(C)=C(c3ccccc3)[C@@]21c1ccccc1. The predicted molar refractivity (Wildman–Crippen MR) is 125 cm³/mol. The molecule has 2 aromatic rings. The van der Waals surface area contributed by atoms with Crippen LogP contribution in [-0.4, -0.2) is 29.4 Å². The van der Waals surface area contributed by atoms with Gasteiger partial charge in [-0.1, -0.05) is 78.9 Å². The minimum Gasteiger partial charge on any atom is -0.449 e. The van der Waals surface area contributed by atoms with E-state index in [0.29, 0.717) is 0 Å². The molecule has 4 nitrogen and oxygen atoms in total. The van der Waals surface area contributed by atoms with Crippen LogP contribution in [0.15, 0.2) is 90.7 Å². The lowest BCUT2D eigenvalue weighted by Gasteiger charge is -2.53. The Morgan fingerprint density at radius 1 is 1.00 bits per heavy atom. The van der Waals surface area contributed by atoms with Gasteiger partial charge in [-0.15, -0.1) is 0 Å². The minimum atomic E-state index is -0.890. The number of carbonyl (C=O) groups is 2. The third-order valence-corrected chi connectivity index (χ3v) is 7.52. The quantitative estimate of drug-likeness (QED) is 0.608. The van der Waals surface area contributed by atoms with Crippen LogP contribution in [0.2, 0.25) is 0 Å². The number of allylic oxidation sites excluding steroid dienone is 4. The predicted octanol–water partition coefficient (Wildman–Crippen LogP) is 5.53. The monoisotopic (exact) mass is 425 g/mol. The number of benzene rings is 2. The van der Waals surface area contributed by atoms with Crippen LogP contribution in [0.1, 0.15) is 31.9 Å². The van der Waals surface area contributed by atoms with Crippen molar-refractivity contribution in [3.63, 3.8) is 0 Å². The molecule has 0 saturated heterocycles. The van der Waals surface area contributed by atoms with E-state index in [1.807, 2.05) is 62.5 Å². The Kier molecular flexibility index (Phi) is 4.70. The number of carbonyl (C=O) groups excluding carboxylic acids is 2. The van der Waals surface area contributed by atoms with Gasteiger partial charge in [0.1, 0.15) is 0 Å². The maximum Gasteiger partial charge on any atom is 0.414 e. The van der Waals surface area contributed by atoms with Crippen molar-refractivity contribution in [2.75, 3.05) is 6.61 Å². The van der Waals surface area contributed by atoms with Gasteiger partial charge < -0.3 is 4.74 Å². The van der Waals surface area contributed by atoms with E-state index in [0.717, 1.165) is 22.3 Å². The number of hydrogen-bond acceptors (Lipinski definition) is 3. The van der Waals surface area contributed by atoms with E-state index in [9.17, 15) is 9.59 Å². The first kappa shape index (κ1) is 20.5. The summed E-state index contributed by atoms with van der Waals surface area (Å²) < 4.78 is 5.37. The summed E-state index contributed by atoms with van der Waals surface area (Å²) in [6, 6.07) is 20.0. The summed E-state index contributed by atoms with van der Waals surface area (Å²) in [4.78, 5) is 28.7. The van der Waals surface area contributed by atoms with Crippen molar-refractivity contribution in [3.05, 3.63) is 102 Å². The highest BCUT2D eigenvalue weighted by Gasteiger charge is 2.69. The average molecular weight is 426 g/mol. The number of fused-ring (bicyclic) bond motifs is 1. The maximum atomic E-state index is 14.2. The second-order valence-electron chi connectivity index (χ2n) is 8.87. The van der Waals surface area contributed by atoms with Gasteiger partial charge in [-0.2, -0.15) is 0 Å². The lowest BCUT2D eigenvalue weighted by atomic mass is 9.49. The normalized spacial score (nSPS) is 30.5. The van der Waals surface area contributed by atoms with Crippen LogP contribution in [0, 0.1) is 11.3 Å². The van der Waals surface area contributed by atoms with Crippen LogP contribution >= 0.6 is 0 Å². The fourth-order valence-electron chi connectivity index (χ4n) is 6.30. The third kappa shape index (κ3) is 2.44. The van der Waals surface area contributed by atoms with Crippen molar-refractivity contribution < 1.29 is 14.3 Å². The molecule has 2 bridgehead atoms. The summed E-state index contributed by atoms with van der Waals surface area (Å²) in [5.41, 5.74) is 2.41. The second kappa shape index (κ2) is 7.33. The number of ketones is 1. The van der Waals surface area contributed by atoms with E-state index >= 15 is 0 Å². The van der Waals surface area contributed by atoms with Crippen molar-refractivity contribution >= 4 is 17.4 Å². The Labute approximate surface area is 188 Å². The Morgan fingerprint density at radius 3 is 2.31 bits per heavy atom. The highest BCUT2D eigenvalue weighted by atomic mass is 16.6. The number of Topliss-reactive ketones (excluding diaryl/α,β-unsaturated/α-hetero) is 1. The topological polar surface area (TPSA) is 46.6 Å². The molecule has 1 amide bonds. The van der Waals surface area contributed by atoms with Crippen molar-refractivity contribution in [2.24, 2.45) is 11.3 Å². The van der Waals surface area contributed by atoms with Gasteiger partial charge >= 0.3 is 6.09 Å². The van der Waals surface area contributed by atoms with Crippen LogP contribution in [0.25, 0.3) is 5.57 Å². The van der Waals surface area contributed by atoms with E-state index in [1.54, 1.807) is 11.8 Å². The molecule has 4 aliphatic rings. The highest BCUT2D eigenvalue weighted by Crippen LogP contribution is 2.67. The first-order valence-electron chi connectivity index (χ1n) is 11.2. The first-order chi connectivity index (χ1) is 15.5. The summed E-state index contributed by atoms with van der Waals surface area (Å²) in [5.74, 6) is -0.0141. The molecule has 2 aliphatic carbocycles. The van der Waals surface area contributed by atoms with Gasteiger partial charge in [-0.05, 0) is 43.0 Å². The van der Waals surface area contributed by atoms with Crippen molar-refractivity contribution in [3.8, 4) is 0 Å². The Hall–Kier alpha value is -3.40. The maximum absolute atomic E-state index is 14.2. The molecular weight excluding hydrogens is 398 g/mol. The molecule has 4 heteroatoms. The van der Waals surface area contributed by atoms with Crippen LogP contribution in [-0.2, 0) is 14.9 Å². The number of nitrogens with zero attached hydrogens (tertiary/aromatic N) is 1. The molecule has 0 aromatic heterocycles. The number of hydrogen-bond donors (Lipinski definition) is 0. The third-order valence-electron chi connectivity index (χ3n) is 7.52. The summed E-state index contributed by atoms with van der Waals surface area (Å²) in [5, 5.41) is 0. The van der Waals surface area contributed by atoms with Gasteiger partial charge in [-0.25, -0.2) is 4.79 Å². The molecule has 6 rings (SSSR count). The van der Waals surface area contributed by atoms with E-state index in [-0.39, 0.29) is 18.3 Å². The van der Waals surface area contributed by atoms with E-state index in [1.165, 1.54) is 0 Å². The first-order valence-corrected chi connectivity index (χ1v) is 11.2. The van der Waals surface area contributed by atoms with Gasteiger partial charge in [0.05, 0.1) is 18.1 Å². The number of ether oxygens (including phenoxy) is 1. The lowest BCUT2D eigenvalue weighted by molar-refractivity contribution is -0.128. The molecule has 4 atom stereocenters. The minimum absolute atomic E-state index is 0.0811. The molecule has 0 spiro atoms. The molecule has 32 heavy (non-hydrogen) atoms. The average Bonchev–Trinajstić information content (AvgIpc) is 2.99. The molecule has 0 fully saturated rings. The Morgan fingerprint density at radius 2 is 1.66 bits per heavy atom. The number of amides is 1. The summed E-state index contributed by atoms with van der Waals surface area (Å²) in [6.07, 6.45) is 7.61. The van der Waals surface area contributed by atoms with Crippen molar-refractivity contribution in [1.82, 2.24) is 4.90 Å². The van der Waals surface area contributed by atoms with Crippen LogP contribution in [0.3, 0.4) is 0 Å². The smallest absolute Gasteiger partial charge is 0.414 e. The van der Waals surface area contributed by atoms with Gasteiger partial charge in [0.2, 0.25) is 0 Å². The van der Waals surface area contributed by atoms with Gasteiger partial charge in [0, 0.05) is 17.5 Å². The van der Waals surface area contributed by atoms with E-state index in [2.05, 4.69) is 36.4 Å². The van der Waals surface area contributed by atoms with Crippen molar-refractivity contribution in [2.45, 2.75) is 32.2 Å². The molecule has 2 aliphatic heterocycles. The van der Waals surface area contributed by atoms with Gasteiger partial charge in [0.15, 0.2) is 5.78 Å². The van der Waals surface area contributed by atoms with Crippen molar-refractivity contribution in [1.29, 1.82) is 0 Å². The van der Waals surface area contributed by atoms with Crippen LogP contribution in [0.5, 0.6) is 0 Å². The zero-order valence-corrected chi connectivity index (χ0v) is 18.6. The summed E-state index contributed by atoms with van der Waals surface area (Å²) >= 11 is 0. The fraction of sp³-hybridized carbons (Fsp3) is 0.286. The van der Waals surface area contributed by atoms with Gasteiger partial charge in [0.25, 0.3) is 0 Å². The molecule has 0 saturated carbocycles. The standard InChI is InChI=1S/C28H27NO3/c1-4-32-26(31)29-18-17-22-15-16-23(29)27(3)25(30)19(2)24(20-11-7-5-8-12-20)28(22,27)21-13-9-6-10-14-21/h5-18,22-23H,4H2,1-3H3/t22-,23+,27-,28-/m1/s1. The molecule has 2 heterocycles. The molecule has 2 aromatic carbocycles. The second-order valence-corrected chi connectivity index (χ2v) is 8.87. The fourth-order valence-corrected chi connectivity index (χ4v) is 6.30. The lowest BCUT2D eigenvalue weighted by Crippen LogP contribution is -2.60. The van der Waals surface area contributed by atoms with Crippen LogP contribution in [0.4, 0.5) is 4.79 Å². The van der Waals surface area contributed by atoms with E-state index < -0.39 is 23.0 Å². The van der Waals surface area contributed by atoms with Crippen LogP contribution < -0.4 is 0 Å². The molecule has 0 radical (unpaired) electrons. The number of rotatable bonds is 3. The molecular formula is C28H27NO3. The Bertz CT molecular complexity index is 1160. The Balaban J connectivity index is 1.84. The summed E-state index contributed by atoms with van der Waals surface area (Å²) in [7, 11) is 0. The zero-order valence-electron chi connectivity index (χ0n) is 18.6. The molecule has 162 valence electrons.